The van der Waals surface area contributed by atoms with Crippen LogP contribution in [0.15, 0.2) is 47.5 Å². The molecule has 2 aliphatic rings. The number of fused-ring (bicyclic) bond motifs is 1. The van der Waals surface area contributed by atoms with Crippen LogP contribution in [0, 0.1) is 5.82 Å². The number of aliphatic imine (C=N–C) groups is 1. The van der Waals surface area contributed by atoms with Gasteiger partial charge in [0.05, 0.1) is 0 Å². The van der Waals surface area contributed by atoms with Crippen molar-refractivity contribution in [2.24, 2.45) is 4.99 Å². The fourth-order valence-corrected chi connectivity index (χ4v) is 4.01. The van der Waals surface area contributed by atoms with Gasteiger partial charge in [-0.05, 0) is 54.7 Å². The van der Waals surface area contributed by atoms with Crippen LogP contribution in [0.2, 0.25) is 0 Å². The standard InChI is InChI=1S/C23H28FN3O3.HI/c1-25-22(26-11-8-17-2-5-19(24)6-3-17)27-15-23(9-12-28-13-10-23)18-4-7-20-21(14-18)30-16-29-20;/h2-7,14H,8-13,15-16H2,1H3,(H2,25,26,27);1H. The second-order valence-electron chi connectivity index (χ2n) is 7.69. The fraction of sp³-hybridized carbons (Fsp3) is 0.435. The Labute approximate surface area is 199 Å². The average molecular weight is 541 g/mol. The van der Waals surface area contributed by atoms with Crippen molar-refractivity contribution in [2.45, 2.75) is 24.7 Å². The zero-order valence-electron chi connectivity index (χ0n) is 17.7. The van der Waals surface area contributed by atoms with Crippen LogP contribution in [0.3, 0.4) is 0 Å². The van der Waals surface area contributed by atoms with Gasteiger partial charge >= 0.3 is 0 Å². The Balaban J connectivity index is 0.00000272. The highest BCUT2D eigenvalue weighted by atomic mass is 127. The lowest BCUT2D eigenvalue weighted by Gasteiger charge is -2.38. The predicted octanol–water partition coefficient (Wildman–Crippen LogP) is 3.63. The van der Waals surface area contributed by atoms with Crippen molar-refractivity contribution in [3.8, 4) is 11.5 Å². The summed E-state index contributed by atoms with van der Waals surface area (Å²) < 4.78 is 29.7. The van der Waals surface area contributed by atoms with Crippen LogP contribution in [0.4, 0.5) is 4.39 Å². The Morgan fingerprint density at radius 1 is 1.03 bits per heavy atom. The molecule has 2 aliphatic heterocycles. The quantitative estimate of drug-likeness (QED) is 0.333. The second-order valence-corrected chi connectivity index (χ2v) is 7.69. The maximum Gasteiger partial charge on any atom is 0.231 e. The third-order valence-corrected chi connectivity index (χ3v) is 5.87. The van der Waals surface area contributed by atoms with E-state index in [9.17, 15) is 4.39 Å². The number of halogens is 2. The van der Waals surface area contributed by atoms with Crippen LogP contribution in [0.25, 0.3) is 0 Å². The summed E-state index contributed by atoms with van der Waals surface area (Å²) in [5.74, 6) is 2.14. The number of guanidine groups is 1. The van der Waals surface area contributed by atoms with Gasteiger partial charge in [0.25, 0.3) is 0 Å². The van der Waals surface area contributed by atoms with E-state index >= 15 is 0 Å². The van der Waals surface area contributed by atoms with Crippen LogP contribution in [0.1, 0.15) is 24.0 Å². The third kappa shape index (κ3) is 5.79. The van der Waals surface area contributed by atoms with Gasteiger partial charge in [-0.25, -0.2) is 4.39 Å². The summed E-state index contributed by atoms with van der Waals surface area (Å²) in [5.41, 5.74) is 2.25. The number of rotatable bonds is 6. The van der Waals surface area contributed by atoms with Crippen molar-refractivity contribution >= 4 is 29.9 Å². The molecule has 0 aromatic heterocycles. The van der Waals surface area contributed by atoms with Crippen LogP contribution in [-0.4, -0.2) is 46.1 Å². The molecule has 0 atom stereocenters. The van der Waals surface area contributed by atoms with Crippen molar-refractivity contribution < 1.29 is 18.6 Å². The molecular formula is C23H29FIN3O3. The molecule has 2 N–H and O–H groups in total. The van der Waals surface area contributed by atoms with Crippen molar-refractivity contribution in [3.05, 3.63) is 59.4 Å². The SMILES string of the molecule is CN=C(NCCc1ccc(F)cc1)NCC1(c2ccc3c(c2)OCO3)CCOCC1.I. The van der Waals surface area contributed by atoms with E-state index in [0.29, 0.717) is 6.54 Å². The van der Waals surface area contributed by atoms with Gasteiger partial charge in [-0.1, -0.05) is 18.2 Å². The van der Waals surface area contributed by atoms with Gasteiger partial charge in [0, 0.05) is 38.8 Å². The molecule has 0 amide bonds. The maximum absolute atomic E-state index is 13.0. The highest BCUT2D eigenvalue weighted by molar-refractivity contribution is 14.0. The van der Waals surface area contributed by atoms with Crippen molar-refractivity contribution in [3.63, 3.8) is 0 Å². The summed E-state index contributed by atoms with van der Waals surface area (Å²) >= 11 is 0. The Morgan fingerprint density at radius 3 is 2.52 bits per heavy atom. The Hall–Kier alpha value is -2.07. The zero-order chi connectivity index (χ0) is 20.8. The minimum atomic E-state index is -0.213. The van der Waals surface area contributed by atoms with Crippen LogP contribution < -0.4 is 20.1 Å². The van der Waals surface area contributed by atoms with E-state index in [1.165, 1.54) is 17.7 Å². The fourth-order valence-electron chi connectivity index (χ4n) is 4.01. The summed E-state index contributed by atoms with van der Waals surface area (Å²) in [7, 11) is 1.77. The summed E-state index contributed by atoms with van der Waals surface area (Å²) in [5, 5.41) is 6.84. The van der Waals surface area contributed by atoms with Gasteiger partial charge in [-0.15, -0.1) is 24.0 Å². The normalized spacial score (nSPS) is 17.0. The Bertz CT molecular complexity index is 886. The van der Waals surface area contributed by atoms with E-state index in [0.717, 1.165) is 62.0 Å². The lowest BCUT2D eigenvalue weighted by atomic mass is 9.74. The van der Waals surface area contributed by atoms with Gasteiger partial charge in [0.15, 0.2) is 17.5 Å². The van der Waals surface area contributed by atoms with E-state index in [1.54, 1.807) is 7.05 Å². The summed E-state index contributed by atoms with van der Waals surface area (Å²) in [4.78, 5) is 4.36. The molecule has 0 aliphatic carbocycles. The van der Waals surface area contributed by atoms with Crippen LogP contribution in [0.5, 0.6) is 11.5 Å². The minimum Gasteiger partial charge on any atom is -0.454 e. The lowest BCUT2D eigenvalue weighted by molar-refractivity contribution is 0.0513. The van der Waals surface area contributed by atoms with E-state index < -0.39 is 0 Å². The van der Waals surface area contributed by atoms with E-state index in [1.807, 2.05) is 18.2 Å². The number of hydrogen-bond donors (Lipinski definition) is 2. The molecule has 2 heterocycles. The van der Waals surface area contributed by atoms with Crippen molar-refractivity contribution in [1.29, 1.82) is 0 Å². The number of benzene rings is 2. The molecule has 0 spiro atoms. The van der Waals surface area contributed by atoms with E-state index in [4.69, 9.17) is 14.2 Å². The lowest BCUT2D eigenvalue weighted by Crippen LogP contribution is -2.48. The number of nitrogens with zero attached hydrogens (tertiary/aromatic N) is 1. The molecule has 2 aromatic carbocycles. The summed E-state index contributed by atoms with van der Waals surface area (Å²) in [6, 6.07) is 12.8. The first-order valence-electron chi connectivity index (χ1n) is 10.4. The first-order chi connectivity index (χ1) is 14.7. The molecular weight excluding hydrogens is 512 g/mol. The van der Waals surface area contributed by atoms with Crippen molar-refractivity contribution in [2.75, 3.05) is 40.1 Å². The smallest absolute Gasteiger partial charge is 0.231 e. The molecule has 4 rings (SSSR count). The molecule has 0 unspecified atom stereocenters. The van der Waals surface area contributed by atoms with Crippen LogP contribution >= 0.6 is 24.0 Å². The van der Waals surface area contributed by atoms with Gasteiger partial charge < -0.3 is 24.8 Å². The van der Waals surface area contributed by atoms with E-state index in [2.05, 4.69) is 27.8 Å². The number of hydrogen-bond acceptors (Lipinski definition) is 4. The van der Waals surface area contributed by atoms with Gasteiger partial charge in [-0.3, -0.25) is 4.99 Å². The largest absolute Gasteiger partial charge is 0.454 e. The van der Waals surface area contributed by atoms with Gasteiger partial charge in [0.2, 0.25) is 6.79 Å². The molecule has 0 saturated carbocycles. The van der Waals surface area contributed by atoms with Crippen molar-refractivity contribution in [1.82, 2.24) is 10.6 Å². The first kappa shape index (κ1) is 23.6. The topological polar surface area (TPSA) is 64.1 Å². The molecule has 8 heteroatoms. The van der Waals surface area contributed by atoms with E-state index in [-0.39, 0.29) is 42.0 Å². The third-order valence-electron chi connectivity index (χ3n) is 5.87. The molecule has 2 aromatic rings. The molecule has 168 valence electrons. The highest BCUT2D eigenvalue weighted by Gasteiger charge is 2.35. The Kier molecular flexibility index (Phi) is 8.36. The second kappa shape index (κ2) is 11.0. The molecule has 0 bridgehead atoms. The highest BCUT2D eigenvalue weighted by Crippen LogP contribution is 2.40. The van der Waals surface area contributed by atoms with Gasteiger partial charge in [-0.2, -0.15) is 0 Å². The summed E-state index contributed by atoms with van der Waals surface area (Å²) in [6.07, 6.45) is 2.64. The average Bonchev–Trinajstić information content (AvgIpc) is 3.26. The predicted molar refractivity (Wildman–Crippen MR) is 129 cm³/mol. The first-order valence-corrected chi connectivity index (χ1v) is 10.4. The molecule has 6 nitrogen and oxygen atoms in total. The zero-order valence-corrected chi connectivity index (χ0v) is 20.0. The monoisotopic (exact) mass is 541 g/mol. The molecule has 1 saturated heterocycles. The molecule has 31 heavy (non-hydrogen) atoms. The molecule has 0 radical (unpaired) electrons. The number of nitrogens with one attached hydrogen (secondary N) is 2. The van der Waals surface area contributed by atoms with Crippen LogP contribution in [-0.2, 0) is 16.6 Å². The van der Waals surface area contributed by atoms with Gasteiger partial charge in [0.1, 0.15) is 5.82 Å². The molecule has 1 fully saturated rings. The summed E-state index contributed by atoms with van der Waals surface area (Å²) in [6.45, 7) is 3.19. The maximum atomic E-state index is 13.0. The minimum absolute atomic E-state index is 0. The Morgan fingerprint density at radius 2 is 1.77 bits per heavy atom. The number of ether oxygens (including phenoxy) is 3.